The molecule has 9 nitrogen and oxygen atoms in total. The molecule has 24 heavy (non-hydrogen) atoms. The number of rotatable bonds is 6. The molecule has 3 aromatic heterocycles. The van der Waals surface area contributed by atoms with Crippen LogP contribution >= 0.6 is 11.8 Å². The highest BCUT2D eigenvalue weighted by Gasteiger charge is 2.10. The van der Waals surface area contributed by atoms with Crippen LogP contribution in [0.5, 0.6) is 0 Å². The van der Waals surface area contributed by atoms with E-state index in [1.165, 1.54) is 18.1 Å². The summed E-state index contributed by atoms with van der Waals surface area (Å²) in [5.41, 5.74) is 1.75. The molecule has 120 valence electrons. The summed E-state index contributed by atoms with van der Waals surface area (Å²) in [6, 6.07) is 9.75. The molecule has 0 radical (unpaired) electrons. The van der Waals surface area contributed by atoms with E-state index >= 15 is 0 Å². The van der Waals surface area contributed by atoms with Gasteiger partial charge in [0.05, 0.1) is 17.6 Å². The van der Waals surface area contributed by atoms with Gasteiger partial charge in [0.25, 0.3) is 5.22 Å². The first kappa shape index (κ1) is 14.6. The van der Waals surface area contributed by atoms with Gasteiger partial charge in [0.2, 0.25) is 5.89 Å². The monoisotopic (exact) mass is 340 g/mol. The highest BCUT2D eigenvalue weighted by Crippen LogP contribution is 2.20. The molecule has 1 aromatic carbocycles. The van der Waals surface area contributed by atoms with Crippen molar-refractivity contribution in [1.29, 1.82) is 0 Å². The summed E-state index contributed by atoms with van der Waals surface area (Å²) in [6.45, 7) is 0.401. The van der Waals surface area contributed by atoms with Crippen LogP contribution in [0.1, 0.15) is 11.6 Å². The SMILES string of the molecule is c1ccc(-n2ncc(CSc3nnc(Cn4cncn4)o3)n2)cc1. The lowest BCUT2D eigenvalue weighted by Crippen LogP contribution is -1.99. The second-order valence-corrected chi connectivity index (χ2v) is 5.73. The first-order valence-electron chi connectivity index (χ1n) is 7.11. The fraction of sp³-hybridized carbons (Fsp3) is 0.143. The summed E-state index contributed by atoms with van der Waals surface area (Å²) in [5.74, 6) is 1.08. The standard InChI is InChI=1S/C14H12N8OS/c1-2-4-12(5-3-1)22-16-6-11(20-22)8-24-14-19-18-13(23-14)7-21-10-15-9-17-21/h1-6,9-10H,7-8H2. The summed E-state index contributed by atoms with van der Waals surface area (Å²) < 4.78 is 7.19. The van der Waals surface area contributed by atoms with Gasteiger partial charge in [-0.15, -0.1) is 10.2 Å². The summed E-state index contributed by atoms with van der Waals surface area (Å²) in [4.78, 5) is 5.46. The lowest BCUT2D eigenvalue weighted by molar-refractivity contribution is 0.397. The number of nitrogens with zero attached hydrogens (tertiary/aromatic N) is 8. The molecule has 0 N–H and O–H groups in total. The van der Waals surface area contributed by atoms with Crippen molar-refractivity contribution in [3.8, 4) is 5.69 Å². The van der Waals surface area contributed by atoms with Crippen LogP contribution in [0.25, 0.3) is 5.69 Å². The van der Waals surface area contributed by atoms with E-state index in [2.05, 4.69) is 30.5 Å². The summed E-state index contributed by atoms with van der Waals surface area (Å²) >= 11 is 1.41. The molecule has 3 heterocycles. The quantitative estimate of drug-likeness (QED) is 0.488. The minimum atomic E-state index is 0.401. The molecule has 0 aliphatic carbocycles. The van der Waals surface area contributed by atoms with Crippen molar-refractivity contribution < 1.29 is 4.42 Å². The Morgan fingerprint density at radius 3 is 2.83 bits per heavy atom. The highest BCUT2D eigenvalue weighted by molar-refractivity contribution is 7.98. The van der Waals surface area contributed by atoms with Gasteiger partial charge in [0.15, 0.2) is 0 Å². The number of hydrogen-bond donors (Lipinski definition) is 0. The van der Waals surface area contributed by atoms with Crippen LogP contribution in [0, 0.1) is 0 Å². The van der Waals surface area contributed by atoms with E-state index in [1.54, 1.807) is 22.0 Å². The molecule has 0 atom stereocenters. The maximum absolute atomic E-state index is 5.57. The van der Waals surface area contributed by atoms with E-state index < -0.39 is 0 Å². The van der Waals surface area contributed by atoms with Crippen molar-refractivity contribution >= 4 is 11.8 Å². The number of hydrogen-bond acceptors (Lipinski definition) is 8. The summed E-state index contributed by atoms with van der Waals surface area (Å²) in [6.07, 6.45) is 4.79. The Kier molecular flexibility index (Phi) is 4.02. The molecular formula is C14H12N8OS. The average molecular weight is 340 g/mol. The van der Waals surface area contributed by atoms with E-state index in [4.69, 9.17) is 4.42 Å². The molecule has 0 unspecified atom stereocenters. The predicted octanol–water partition coefficient (Wildman–Crippen LogP) is 1.58. The third-order valence-corrected chi connectivity index (χ3v) is 3.93. The van der Waals surface area contributed by atoms with Crippen molar-refractivity contribution in [3.63, 3.8) is 0 Å². The first-order chi connectivity index (χ1) is 11.9. The van der Waals surface area contributed by atoms with Gasteiger partial charge < -0.3 is 4.42 Å². The second kappa shape index (κ2) is 6.62. The Balaban J connectivity index is 1.37. The van der Waals surface area contributed by atoms with Gasteiger partial charge in [0, 0.05) is 5.75 Å². The van der Waals surface area contributed by atoms with E-state index in [9.17, 15) is 0 Å². The van der Waals surface area contributed by atoms with Crippen molar-refractivity contribution in [2.24, 2.45) is 0 Å². The molecule has 10 heteroatoms. The van der Waals surface area contributed by atoms with Crippen LogP contribution in [0.15, 0.2) is 58.8 Å². The maximum atomic E-state index is 5.57. The first-order valence-corrected chi connectivity index (χ1v) is 8.09. The predicted molar refractivity (Wildman–Crippen MR) is 84.3 cm³/mol. The number of benzene rings is 1. The Morgan fingerprint density at radius 1 is 1.08 bits per heavy atom. The lowest BCUT2D eigenvalue weighted by Gasteiger charge is -1.97. The molecule has 0 fully saturated rings. The highest BCUT2D eigenvalue weighted by atomic mass is 32.2. The van der Waals surface area contributed by atoms with Crippen LogP contribution < -0.4 is 0 Å². The second-order valence-electron chi connectivity index (χ2n) is 4.80. The molecule has 0 amide bonds. The zero-order valence-electron chi connectivity index (χ0n) is 12.4. The van der Waals surface area contributed by atoms with E-state index in [1.807, 2.05) is 30.3 Å². The van der Waals surface area contributed by atoms with Gasteiger partial charge in [-0.3, -0.25) is 0 Å². The van der Waals surface area contributed by atoms with Crippen LogP contribution in [-0.4, -0.2) is 40.0 Å². The molecule has 0 aliphatic rings. The smallest absolute Gasteiger partial charge is 0.277 e. The number of aromatic nitrogens is 8. The Bertz CT molecular complexity index is 902. The largest absolute Gasteiger partial charge is 0.414 e. The average Bonchev–Trinajstić information content (AvgIpc) is 3.36. The molecule has 0 saturated heterocycles. The normalized spacial score (nSPS) is 11.0. The van der Waals surface area contributed by atoms with E-state index in [0.29, 0.717) is 23.4 Å². The van der Waals surface area contributed by atoms with Gasteiger partial charge in [-0.2, -0.15) is 20.1 Å². The number of thioether (sulfide) groups is 1. The van der Waals surface area contributed by atoms with Crippen molar-refractivity contribution in [1.82, 2.24) is 40.0 Å². The van der Waals surface area contributed by atoms with E-state index in [0.717, 1.165) is 11.4 Å². The minimum Gasteiger partial charge on any atom is -0.414 e. The molecular weight excluding hydrogens is 328 g/mol. The molecule has 0 saturated carbocycles. The van der Waals surface area contributed by atoms with Crippen LogP contribution in [0.3, 0.4) is 0 Å². The van der Waals surface area contributed by atoms with Crippen LogP contribution in [-0.2, 0) is 12.3 Å². The topological polar surface area (TPSA) is 100 Å². The Hall–Kier alpha value is -3.01. The molecule has 0 bridgehead atoms. The maximum Gasteiger partial charge on any atom is 0.277 e. The van der Waals surface area contributed by atoms with Crippen molar-refractivity contribution in [2.75, 3.05) is 0 Å². The van der Waals surface area contributed by atoms with Gasteiger partial charge in [-0.05, 0) is 12.1 Å². The summed E-state index contributed by atoms with van der Waals surface area (Å²) in [5, 5.41) is 21.2. The van der Waals surface area contributed by atoms with Crippen LogP contribution in [0.4, 0.5) is 0 Å². The third kappa shape index (κ3) is 3.33. The molecule has 0 aliphatic heterocycles. The zero-order chi connectivity index (χ0) is 16.2. The van der Waals surface area contributed by atoms with Gasteiger partial charge in [-0.1, -0.05) is 30.0 Å². The third-order valence-electron chi connectivity index (χ3n) is 3.08. The Labute approximate surface area is 140 Å². The number of para-hydroxylation sites is 1. The van der Waals surface area contributed by atoms with Crippen molar-refractivity contribution in [3.05, 3.63) is 60.8 Å². The molecule has 4 rings (SSSR count). The fourth-order valence-corrected chi connectivity index (χ4v) is 2.65. The Morgan fingerprint density at radius 2 is 2.00 bits per heavy atom. The summed E-state index contributed by atoms with van der Waals surface area (Å²) in [7, 11) is 0. The van der Waals surface area contributed by atoms with Gasteiger partial charge in [0.1, 0.15) is 19.2 Å². The fourth-order valence-electron chi connectivity index (χ4n) is 2.00. The van der Waals surface area contributed by atoms with Crippen LogP contribution in [0.2, 0.25) is 0 Å². The lowest BCUT2D eigenvalue weighted by atomic mass is 10.3. The van der Waals surface area contributed by atoms with E-state index in [-0.39, 0.29) is 0 Å². The molecule has 0 spiro atoms. The van der Waals surface area contributed by atoms with Crippen molar-refractivity contribution in [2.45, 2.75) is 17.5 Å². The minimum absolute atomic E-state index is 0.401. The van der Waals surface area contributed by atoms with Gasteiger partial charge in [-0.25, -0.2) is 9.67 Å². The molecule has 4 aromatic rings. The van der Waals surface area contributed by atoms with Gasteiger partial charge >= 0.3 is 0 Å². The zero-order valence-corrected chi connectivity index (χ0v) is 13.2.